The predicted molar refractivity (Wildman–Crippen MR) is 331 cm³/mol. The Bertz CT molecular complexity index is 3310. The third-order valence-electron chi connectivity index (χ3n) is 15.0. The number of rotatable bonds is 5. The highest BCUT2D eigenvalue weighted by Gasteiger charge is 2.41. The molecule has 0 aromatic heterocycles. The SMILES string of the molecule is CC.CC.CCC.Cc1ccc(-c2ccccc2)cc1.Cc1ccc2c(c1)C(C)(C)c1cc(-c3ccc(-c4ccccc4C)c(C)c3-c3ccccc3C)ccc1-2.Cc1ccc2c(c1)C(C)(N(C)C)c1ccccc1-2. The van der Waals surface area contributed by atoms with Crippen molar-refractivity contribution in [2.24, 2.45) is 0 Å². The molecule has 75 heavy (non-hydrogen) atoms. The quantitative estimate of drug-likeness (QED) is 0.166. The molecule has 0 fully saturated rings. The van der Waals surface area contributed by atoms with Crippen LogP contribution in [0.3, 0.4) is 0 Å². The molecule has 0 spiro atoms. The maximum atomic E-state index is 2.45. The van der Waals surface area contributed by atoms with Gasteiger partial charge >= 0.3 is 0 Å². The van der Waals surface area contributed by atoms with Crippen LogP contribution < -0.4 is 0 Å². The third kappa shape index (κ3) is 11.9. The third-order valence-corrected chi connectivity index (χ3v) is 15.0. The lowest BCUT2D eigenvalue weighted by Gasteiger charge is -2.35. The lowest BCUT2D eigenvalue weighted by Crippen LogP contribution is -2.37. The number of fused-ring (bicyclic) bond motifs is 6. The standard InChI is InChI=1S/C37H34.C17H19N.C13H12.C3H8.2C2H6/c1-23-15-17-32-33-18-16-27(22-35(33)37(5,6)34(32)21-23)31-20-19-30(28-13-9-7-11-24(28)2)26(4)36(31)29-14-10-8-12-25(29)3;1-12-9-10-14-13-7-5-6-8-15(13)17(2,18(3)4)16(14)11-12;1-11-7-9-13(10-8-11)12-5-3-2-4-6-12;1-3-2;2*1-2/h7-22H,1-6H3;5-11H,1-4H3;2-10H,1H3;3H2,1-2H3;2*1-2H3. The van der Waals surface area contributed by atoms with Crippen molar-refractivity contribution in [3.63, 3.8) is 0 Å². The minimum absolute atomic E-state index is 0.0159. The van der Waals surface area contributed by atoms with Crippen LogP contribution in [-0.2, 0) is 11.0 Å². The Hall–Kier alpha value is -7.06. The fraction of sp³-hybridized carbons (Fsp3) is 0.270. The van der Waals surface area contributed by atoms with Gasteiger partial charge in [0, 0.05) is 5.41 Å². The number of hydrogen-bond acceptors (Lipinski definition) is 1. The minimum atomic E-state index is -0.0222. The van der Waals surface area contributed by atoms with Gasteiger partial charge in [-0.3, -0.25) is 4.90 Å². The largest absolute Gasteiger partial charge is 0.296 e. The van der Waals surface area contributed by atoms with Gasteiger partial charge in [-0.25, -0.2) is 0 Å². The summed E-state index contributed by atoms with van der Waals surface area (Å²) in [7, 11) is 4.32. The van der Waals surface area contributed by atoms with Gasteiger partial charge < -0.3 is 0 Å². The van der Waals surface area contributed by atoms with Crippen molar-refractivity contribution in [3.05, 3.63) is 250 Å². The molecule has 9 aromatic rings. The van der Waals surface area contributed by atoms with Gasteiger partial charge in [-0.15, -0.1) is 0 Å². The minimum Gasteiger partial charge on any atom is -0.296 e. The predicted octanol–water partition coefficient (Wildman–Crippen LogP) is 21.2. The van der Waals surface area contributed by atoms with Crippen molar-refractivity contribution >= 4 is 0 Å². The van der Waals surface area contributed by atoms with Crippen LogP contribution in [0, 0.1) is 41.5 Å². The van der Waals surface area contributed by atoms with E-state index in [1.165, 1.54) is 129 Å². The first-order chi connectivity index (χ1) is 36.1. The summed E-state index contributed by atoms with van der Waals surface area (Å²) in [6.07, 6.45) is 1.25. The molecule has 2 aliphatic carbocycles. The molecular formula is C74H85N. The molecule has 1 atom stereocenters. The van der Waals surface area contributed by atoms with Crippen molar-refractivity contribution in [3.8, 4) is 66.8 Å². The van der Waals surface area contributed by atoms with E-state index >= 15 is 0 Å². The van der Waals surface area contributed by atoms with E-state index in [9.17, 15) is 0 Å². The van der Waals surface area contributed by atoms with Gasteiger partial charge in [-0.1, -0.05) is 267 Å². The molecule has 0 heterocycles. The van der Waals surface area contributed by atoms with E-state index in [1.807, 2.05) is 33.8 Å². The van der Waals surface area contributed by atoms with E-state index in [1.54, 1.807) is 0 Å². The Morgan fingerprint density at radius 2 is 0.720 bits per heavy atom. The molecule has 386 valence electrons. The highest BCUT2D eigenvalue weighted by molar-refractivity contribution is 5.93. The average Bonchev–Trinajstić information content (AvgIpc) is 3.81. The summed E-state index contributed by atoms with van der Waals surface area (Å²) in [5.74, 6) is 0. The molecule has 0 aliphatic heterocycles. The zero-order valence-corrected chi connectivity index (χ0v) is 48.6. The van der Waals surface area contributed by atoms with E-state index in [0.29, 0.717) is 0 Å². The van der Waals surface area contributed by atoms with Gasteiger partial charge in [0.1, 0.15) is 0 Å². The number of hydrogen-bond donors (Lipinski definition) is 0. The van der Waals surface area contributed by atoms with E-state index in [2.05, 4.69) is 283 Å². The maximum Gasteiger partial charge on any atom is 0.0694 e. The molecule has 9 aromatic carbocycles. The Morgan fingerprint density at radius 3 is 1.28 bits per heavy atom. The number of nitrogens with zero attached hydrogens (tertiary/aromatic N) is 1. The number of aryl methyl sites for hydroxylation is 5. The molecule has 0 bridgehead atoms. The monoisotopic (exact) mass is 988 g/mol. The van der Waals surface area contributed by atoms with Crippen LogP contribution in [0.1, 0.15) is 124 Å². The lowest BCUT2D eigenvalue weighted by molar-refractivity contribution is 0.228. The fourth-order valence-corrected chi connectivity index (χ4v) is 10.8. The van der Waals surface area contributed by atoms with Crippen molar-refractivity contribution in [2.45, 2.75) is 121 Å². The average molecular weight is 989 g/mol. The van der Waals surface area contributed by atoms with Gasteiger partial charge in [0.05, 0.1) is 5.54 Å². The van der Waals surface area contributed by atoms with E-state index in [4.69, 9.17) is 0 Å². The van der Waals surface area contributed by atoms with Crippen molar-refractivity contribution < 1.29 is 0 Å². The van der Waals surface area contributed by atoms with Crippen LogP contribution in [0.4, 0.5) is 0 Å². The molecule has 0 saturated heterocycles. The smallest absolute Gasteiger partial charge is 0.0694 e. The summed E-state index contributed by atoms with van der Waals surface area (Å²) in [4.78, 5) is 2.32. The second-order valence-corrected chi connectivity index (χ2v) is 20.7. The molecule has 0 amide bonds. The Balaban J connectivity index is 0.000000199. The zero-order chi connectivity index (χ0) is 54.6. The summed E-state index contributed by atoms with van der Waals surface area (Å²) in [5, 5.41) is 0. The molecule has 0 N–H and O–H groups in total. The Kier molecular flexibility index (Phi) is 19.4. The number of benzene rings is 9. The highest BCUT2D eigenvalue weighted by Crippen LogP contribution is 2.52. The van der Waals surface area contributed by atoms with Crippen LogP contribution >= 0.6 is 0 Å². The Labute approximate surface area is 454 Å². The Morgan fingerprint density at radius 1 is 0.333 bits per heavy atom. The van der Waals surface area contributed by atoms with Crippen LogP contribution in [0.5, 0.6) is 0 Å². The molecule has 11 rings (SSSR count). The first-order valence-corrected chi connectivity index (χ1v) is 27.6. The molecule has 0 saturated carbocycles. The summed E-state index contributed by atoms with van der Waals surface area (Å²) in [6, 6.07) is 70.8. The van der Waals surface area contributed by atoms with E-state index < -0.39 is 0 Å². The molecule has 1 heteroatoms. The van der Waals surface area contributed by atoms with Crippen LogP contribution in [0.2, 0.25) is 0 Å². The summed E-state index contributed by atoms with van der Waals surface area (Å²) in [6.45, 7) is 32.5. The normalized spacial score (nSPS) is 13.7. The van der Waals surface area contributed by atoms with Gasteiger partial charge in [0.15, 0.2) is 0 Å². The first kappa shape index (κ1) is 57.2. The second-order valence-electron chi connectivity index (χ2n) is 20.7. The van der Waals surface area contributed by atoms with Gasteiger partial charge in [0.25, 0.3) is 0 Å². The summed E-state index contributed by atoms with van der Waals surface area (Å²) >= 11 is 0. The van der Waals surface area contributed by atoms with Crippen LogP contribution in [0.25, 0.3) is 66.8 Å². The van der Waals surface area contributed by atoms with Crippen molar-refractivity contribution in [2.75, 3.05) is 14.1 Å². The fourth-order valence-electron chi connectivity index (χ4n) is 10.8. The van der Waals surface area contributed by atoms with E-state index in [0.717, 1.165) is 0 Å². The zero-order valence-electron chi connectivity index (χ0n) is 48.6. The highest BCUT2D eigenvalue weighted by atomic mass is 15.1. The van der Waals surface area contributed by atoms with Crippen LogP contribution in [0.15, 0.2) is 194 Å². The van der Waals surface area contributed by atoms with Gasteiger partial charge in [0.2, 0.25) is 0 Å². The molecular weight excluding hydrogens is 903 g/mol. The molecule has 1 nitrogen and oxygen atoms in total. The van der Waals surface area contributed by atoms with Crippen LogP contribution in [-0.4, -0.2) is 19.0 Å². The molecule has 2 aliphatic rings. The van der Waals surface area contributed by atoms with Crippen molar-refractivity contribution in [1.29, 1.82) is 0 Å². The maximum absolute atomic E-state index is 2.45. The molecule has 0 radical (unpaired) electrons. The summed E-state index contributed by atoms with van der Waals surface area (Å²) < 4.78 is 0. The van der Waals surface area contributed by atoms with E-state index in [-0.39, 0.29) is 11.0 Å². The second kappa shape index (κ2) is 25.5. The topological polar surface area (TPSA) is 3.24 Å². The first-order valence-electron chi connectivity index (χ1n) is 27.6. The summed E-state index contributed by atoms with van der Waals surface area (Å²) in [5.41, 5.74) is 29.5. The molecule has 1 unspecified atom stereocenters. The van der Waals surface area contributed by atoms with Gasteiger partial charge in [-0.2, -0.15) is 0 Å². The van der Waals surface area contributed by atoms with Crippen molar-refractivity contribution in [1.82, 2.24) is 4.90 Å². The van der Waals surface area contributed by atoms with Gasteiger partial charge in [-0.05, 0) is 174 Å². The lowest BCUT2D eigenvalue weighted by atomic mass is 9.80.